The van der Waals surface area contributed by atoms with Gasteiger partial charge in [0.2, 0.25) is 5.91 Å². The first-order chi connectivity index (χ1) is 16.6. The number of allylic oxidation sites excluding steroid dienone is 1. The van der Waals surface area contributed by atoms with Gasteiger partial charge >= 0.3 is 0 Å². The van der Waals surface area contributed by atoms with Gasteiger partial charge in [0.05, 0.1) is 25.0 Å². The van der Waals surface area contributed by atoms with Gasteiger partial charge in [-0.15, -0.1) is 0 Å². The minimum absolute atomic E-state index is 0.00249. The first-order valence-corrected chi connectivity index (χ1v) is 13.6. The van der Waals surface area contributed by atoms with E-state index in [1.165, 1.54) is 12.5 Å². The van der Waals surface area contributed by atoms with Crippen LogP contribution < -0.4 is 5.32 Å². The van der Waals surface area contributed by atoms with Crippen molar-refractivity contribution < 1.29 is 20.1 Å². The fourth-order valence-electron chi connectivity index (χ4n) is 9.17. The number of aliphatic hydroxyl groups excluding tert-OH is 3. The maximum absolute atomic E-state index is 11.8. The number of carbonyl (C=O) groups excluding carboxylic acids is 1. The molecule has 0 saturated heterocycles. The highest BCUT2D eigenvalue weighted by Gasteiger charge is 2.65. The molecule has 0 bridgehead atoms. The molecule has 0 aliphatic heterocycles. The average Bonchev–Trinajstić information content (AvgIpc) is 3.18. The molecule has 4 fully saturated rings. The lowest BCUT2D eigenvalue weighted by Gasteiger charge is -2.63. The van der Waals surface area contributed by atoms with Crippen LogP contribution in [0.4, 0.5) is 0 Å². The van der Waals surface area contributed by atoms with Gasteiger partial charge in [0.15, 0.2) is 0 Å². The molecule has 4 rings (SSSR count). The maximum atomic E-state index is 11.8. The third-order valence-corrected chi connectivity index (χ3v) is 10.9. The van der Waals surface area contributed by atoms with Gasteiger partial charge < -0.3 is 20.6 Å². The van der Waals surface area contributed by atoms with Crippen molar-refractivity contribution in [1.29, 1.82) is 0 Å². The SMILES string of the molecule is CC(CC/C=C/C(=O)NCN=[N+]=[N-])C1CCC2C3C(O)C(O)C4CC(O)CCC4(C)C3CCC12C. The van der Waals surface area contributed by atoms with Crippen LogP contribution in [0.5, 0.6) is 0 Å². The Kier molecular flexibility index (Phi) is 7.87. The lowest BCUT2D eigenvalue weighted by atomic mass is 9.43. The molecule has 11 atom stereocenters. The van der Waals surface area contributed by atoms with E-state index in [9.17, 15) is 20.1 Å². The molecule has 4 saturated carbocycles. The van der Waals surface area contributed by atoms with Crippen LogP contribution in [0.25, 0.3) is 10.4 Å². The molecule has 0 spiro atoms. The molecule has 0 aromatic carbocycles. The van der Waals surface area contributed by atoms with E-state index in [0.29, 0.717) is 30.1 Å². The van der Waals surface area contributed by atoms with Gasteiger partial charge in [-0.1, -0.05) is 32.0 Å². The summed E-state index contributed by atoms with van der Waals surface area (Å²) in [7, 11) is 0. The average molecular weight is 489 g/mol. The van der Waals surface area contributed by atoms with Crippen LogP contribution in [0.3, 0.4) is 0 Å². The molecule has 0 heterocycles. The minimum Gasteiger partial charge on any atom is -0.393 e. The van der Waals surface area contributed by atoms with Crippen molar-refractivity contribution in [2.24, 2.45) is 51.5 Å². The molecule has 11 unspecified atom stereocenters. The third kappa shape index (κ3) is 4.75. The summed E-state index contributed by atoms with van der Waals surface area (Å²) >= 11 is 0. The smallest absolute Gasteiger partial charge is 0.243 e. The maximum Gasteiger partial charge on any atom is 0.243 e. The second-order valence-electron chi connectivity index (χ2n) is 12.4. The summed E-state index contributed by atoms with van der Waals surface area (Å²) in [6.45, 7) is 7.04. The van der Waals surface area contributed by atoms with E-state index < -0.39 is 12.2 Å². The van der Waals surface area contributed by atoms with E-state index in [4.69, 9.17) is 5.53 Å². The van der Waals surface area contributed by atoms with Crippen LogP contribution in [0, 0.1) is 46.3 Å². The highest BCUT2D eigenvalue weighted by atomic mass is 16.3. The van der Waals surface area contributed by atoms with Gasteiger partial charge in [-0.2, -0.15) is 0 Å². The Labute approximate surface area is 209 Å². The molecule has 4 aliphatic rings. The van der Waals surface area contributed by atoms with E-state index in [0.717, 1.165) is 44.9 Å². The second kappa shape index (κ2) is 10.4. The number of amides is 1. The quantitative estimate of drug-likeness (QED) is 0.184. The topological polar surface area (TPSA) is 139 Å². The van der Waals surface area contributed by atoms with Crippen LogP contribution in [0.1, 0.15) is 78.6 Å². The van der Waals surface area contributed by atoms with Gasteiger partial charge in [-0.25, -0.2) is 0 Å². The lowest BCUT2D eigenvalue weighted by Crippen LogP contribution is -2.64. The third-order valence-electron chi connectivity index (χ3n) is 10.9. The molecule has 196 valence electrons. The van der Waals surface area contributed by atoms with Crippen molar-refractivity contribution in [2.45, 2.75) is 96.9 Å². The lowest BCUT2D eigenvalue weighted by molar-refractivity contribution is -0.223. The largest absolute Gasteiger partial charge is 0.393 e. The Morgan fingerprint density at radius 2 is 1.80 bits per heavy atom. The first kappa shape index (κ1) is 26.5. The van der Waals surface area contributed by atoms with E-state index >= 15 is 0 Å². The fourth-order valence-corrected chi connectivity index (χ4v) is 9.17. The minimum atomic E-state index is -0.745. The number of rotatable bonds is 7. The van der Waals surface area contributed by atoms with Crippen LogP contribution in [0.15, 0.2) is 17.3 Å². The highest BCUT2D eigenvalue weighted by Crippen LogP contribution is 2.68. The van der Waals surface area contributed by atoms with Crippen LogP contribution in [-0.4, -0.2) is 46.2 Å². The second-order valence-corrected chi connectivity index (χ2v) is 12.4. The normalized spacial score (nSPS) is 45.7. The molecule has 8 heteroatoms. The molecule has 0 radical (unpaired) electrons. The molecule has 4 N–H and O–H groups in total. The molecule has 0 aromatic heterocycles. The summed E-state index contributed by atoms with van der Waals surface area (Å²) < 4.78 is 0. The van der Waals surface area contributed by atoms with Gasteiger partial charge in [0.25, 0.3) is 0 Å². The van der Waals surface area contributed by atoms with Crippen molar-refractivity contribution in [2.75, 3.05) is 6.67 Å². The number of nitrogens with one attached hydrogen (secondary N) is 1. The number of hydrogen-bond acceptors (Lipinski definition) is 5. The van der Waals surface area contributed by atoms with Crippen LogP contribution in [0.2, 0.25) is 0 Å². The number of carbonyl (C=O) groups is 1. The number of azide groups is 1. The first-order valence-electron chi connectivity index (χ1n) is 13.6. The Morgan fingerprint density at radius 3 is 2.54 bits per heavy atom. The number of aliphatic hydroxyl groups is 3. The van der Waals surface area contributed by atoms with Crippen molar-refractivity contribution in [1.82, 2.24) is 5.32 Å². The van der Waals surface area contributed by atoms with Gasteiger partial charge in [0.1, 0.15) is 0 Å². The van der Waals surface area contributed by atoms with Crippen LogP contribution >= 0.6 is 0 Å². The van der Waals surface area contributed by atoms with Gasteiger partial charge in [-0.3, -0.25) is 4.79 Å². The standard InChI is InChI=1S/C27H44N4O4/c1-16(6-4-5-7-22(33)29-15-30-31-28)18-8-9-19-23-20(11-13-26(18,19)2)27(3)12-10-17(32)14-21(27)24(34)25(23)35/h5,7,16-21,23-25,32,34-35H,4,6,8-15H2,1-3H3,(H,29,33)/b7-5+. The number of nitrogens with zero attached hydrogens (tertiary/aromatic N) is 3. The summed E-state index contributed by atoms with van der Waals surface area (Å²) in [5.41, 5.74) is 8.44. The summed E-state index contributed by atoms with van der Waals surface area (Å²) in [5, 5.41) is 38.7. The highest BCUT2D eigenvalue weighted by molar-refractivity contribution is 5.87. The Hall–Kier alpha value is -1.60. The Bertz CT molecular complexity index is 860. The zero-order chi connectivity index (χ0) is 25.4. The zero-order valence-electron chi connectivity index (χ0n) is 21.5. The Balaban J connectivity index is 1.41. The Morgan fingerprint density at radius 1 is 1.09 bits per heavy atom. The van der Waals surface area contributed by atoms with E-state index in [2.05, 4.69) is 36.1 Å². The van der Waals surface area contributed by atoms with Crippen molar-refractivity contribution >= 4 is 5.91 Å². The van der Waals surface area contributed by atoms with E-state index in [1.54, 1.807) is 0 Å². The summed E-state index contributed by atoms with van der Waals surface area (Å²) in [6.07, 6.45) is 10.3. The molecule has 0 aromatic rings. The molecule has 1 amide bonds. The zero-order valence-corrected chi connectivity index (χ0v) is 21.5. The fraction of sp³-hybridized carbons (Fsp3) is 0.889. The van der Waals surface area contributed by atoms with Crippen molar-refractivity contribution in [3.63, 3.8) is 0 Å². The van der Waals surface area contributed by atoms with Crippen molar-refractivity contribution in [3.8, 4) is 0 Å². The van der Waals surface area contributed by atoms with Crippen LogP contribution in [-0.2, 0) is 4.79 Å². The molecule has 8 nitrogen and oxygen atoms in total. The van der Waals surface area contributed by atoms with E-state index in [-0.39, 0.29) is 41.3 Å². The summed E-state index contributed by atoms with van der Waals surface area (Å²) in [4.78, 5) is 14.4. The van der Waals surface area contributed by atoms with Gasteiger partial charge in [0, 0.05) is 4.91 Å². The van der Waals surface area contributed by atoms with E-state index in [1.807, 2.05) is 6.08 Å². The number of hydrogen-bond donors (Lipinski definition) is 4. The number of fused-ring (bicyclic) bond motifs is 5. The molecule has 35 heavy (non-hydrogen) atoms. The summed E-state index contributed by atoms with van der Waals surface area (Å²) in [6, 6.07) is 0. The molecular weight excluding hydrogens is 444 g/mol. The predicted octanol–water partition coefficient (Wildman–Crippen LogP) is 4.30. The molecular formula is C27H44N4O4. The van der Waals surface area contributed by atoms with Crippen molar-refractivity contribution in [3.05, 3.63) is 22.6 Å². The monoisotopic (exact) mass is 488 g/mol. The molecule has 4 aliphatic carbocycles. The predicted molar refractivity (Wildman–Crippen MR) is 134 cm³/mol. The van der Waals surface area contributed by atoms with Gasteiger partial charge in [-0.05, 0) is 116 Å². The summed E-state index contributed by atoms with van der Waals surface area (Å²) in [5.74, 6) is 1.79.